The summed E-state index contributed by atoms with van der Waals surface area (Å²) in [5, 5.41) is 18.7. The number of oxazole rings is 1. The second-order valence-corrected chi connectivity index (χ2v) is 4.75. The topological polar surface area (TPSA) is 69.7 Å². The highest BCUT2D eigenvalue weighted by molar-refractivity contribution is 5.30. The lowest BCUT2D eigenvalue weighted by Crippen LogP contribution is -2.24. The minimum Gasteiger partial charge on any atom is -0.432 e. The summed E-state index contributed by atoms with van der Waals surface area (Å²) in [5.74, 6) is 0.934. The average Bonchev–Trinajstić information content (AvgIpc) is 2.95. The summed E-state index contributed by atoms with van der Waals surface area (Å²) in [6, 6.07) is 0.575. The van der Waals surface area contributed by atoms with Gasteiger partial charge in [-0.2, -0.15) is 4.98 Å². The van der Waals surface area contributed by atoms with Gasteiger partial charge < -0.3 is 19.5 Å². The van der Waals surface area contributed by atoms with Crippen LogP contribution in [0.2, 0.25) is 0 Å². The highest BCUT2D eigenvalue weighted by Crippen LogP contribution is 2.39. The fourth-order valence-electron chi connectivity index (χ4n) is 2.91. The number of anilines is 1. The second-order valence-electron chi connectivity index (χ2n) is 4.75. The lowest BCUT2D eigenvalue weighted by molar-refractivity contribution is 0.133. The molecule has 16 heavy (non-hydrogen) atoms. The van der Waals surface area contributed by atoms with Crippen molar-refractivity contribution in [1.82, 2.24) is 4.98 Å². The molecule has 2 fully saturated rings. The quantitative estimate of drug-likeness (QED) is 0.759. The van der Waals surface area contributed by atoms with E-state index in [0.29, 0.717) is 23.5 Å². The molecule has 1 aliphatic carbocycles. The van der Waals surface area contributed by atoms with Crippen LogP contribution in [0.3, 0.4) is 0 Å². The Hall–Kier alpha value is -1.07. The lowest BCUT2D eigenvalue weighted by Gasteiger charge is -2.15. The Morgan fingerprint density at radius 3 is 3.00 bits per heavy atom. The molecule has 0 amide bonds. The Bertz CT molecular complexity index is 379. The van der Waals surface area contributed by atoms with Crippen LogP contribution in [-0.4, -0.2) is 34.4 Å². The van der Waals surface area contributed by atoms with Crippen molar-refractivity contribution in [1.29, 1.82) is 0 Å². The number of rotatable bonds is 2. The molecule has 3 unspecified atom stereocenters. The van der Waals surface area contributed by atoms with Gasteiger partial charge in [-0.3, -0.25) is 0 Å². The summed E-state index contributed by atoms with van der Waals surface area (Å²) in [6.07, 6.45) is 3.34. The van der Waals surface area contributed by atoms with Crippen molar-refractivity contribution in [2.75, 3.05) is 18.0 Å². The van der Waals surface area contributed by atoms with Crippen molar-refractivity contribution in [3.8, 4) is 0 Å². The van der Waals surface area contributed by atoms with E-state index in [-0.39, 0.29) is 12.7 Å². The van der Waals surface area contributed by atoms with Gasteiger partial charge in [0.05, 0.1) is 12.7 Å². The van der Waals surface area contributed by atoms with Gasteiger partial charge in [-0.25, -0.2) is 0 Å². The van der Waals surface area contributed by atoms with Crippen LogP contribution >= 0.6 is 0 Å². The van der Waals surface area contributed by atoms with E-state index < -0.39 is 0 Å². The molecular weight excluding hydrogens is 208 g/mol. The molecule has 1 aromatic heterocycles. The predicted molar refractivity (Wildman–Crippen MR) is 56.9 cm³/mol. The van der Waals surface area contributed by atoms with Gasteiger partial charge in [-0.05, 0) is 18.8 Å². The fraction of sp³-hybridized carbons (Fsp3) is 0.727. The monoisotopic (exact) mass is 224 g/mol. The van der Waals surface area contributed by atoms with E-state index in [0.717, 1.165) is 25.9 Å². The lowest BCUT2D eigenvalue weighted by atomic mass is 10.00. The minimum absolute atomic E-state index is 0.0905. The van der Waals surface area contributed by atoms with Crippen LogP contribution in [0.5, 0.6) is 0 Å². The predicted octanol–water partition coefficient (Wildman–Crippen LogP) is 0.374. The normalized spacial score (nSPS) is 33.4. The van der Waals surface area contributed by atoms with Crippen LogP contribution in [0, 0.1) is 11.8 Å². The van der Waals surface area contributed by atoms with Crippen LogP contribution in [0.4, 0.5) is 6.01 Å². The molecule has 2 aliphatic rings. The van der Waals surface area contributed by atoms with Crippen molar-refractivity contribution >= 4 is 6.01 Å². The van der Waals surface area contributed by atoms with Crippen LogP contribution in [0.1, 0.15) is 18.5 Å². The Labute approximate surface area is 93.7 Å². The van der Waals surface area contributed by atoms with Gasteiger partial charge in [-0.15, -0.1) is 0 Å². The Morgan fingerprint density at radius 2 is 2.31 bits per heavy atom. The molecule has 1 saturated heterocycles. The first-order valence-electron chi connectivity index (χ1n) is 5.76. The van der Waals surface area contributed by atoms with Crippen molar-refractivity contribution < 1.29 is 14.6 Å². The molecule has 5 nitrogen and oxygen atoms in total. The van der Waals surface area contributed by atoms with Crippen LogP contribution < -0.4 is 4.90 Å². The molecule has 1 aromatic rings. The SMILES string of the molecule is OCc1coc(N2CC3CCC(O)C3C2)n1. The maximum absolute atomic E-state index is 9.80. The zero-order valence-electron chi connectivity index (χ0n) is 9.04. The standard InChI is InChI=1S/C11H16N2O3/c14-5-8-6-16-11(12-8)13-3-7-1-2-10(15)9(7)4-13/h6-7,9-10,14-15H,1-5H2. The number of nitrogens with zero attached hydrogens (tertiary/aromatic N) is 2. The van der Waals surface area contributed by atoms with E-state index in [2.05, 4.69) is 9.88 Å². The van der Waals surface area contributed by atoms with Gasteiger partial charge in [-0.1, -0.05) is 0 Å². The van der Waals surface area contributed by atoms with Gasteiger partial charge in [0.2, 0.25) is 0 Å². The number of aliphatic hydroxyl groups excluding tert-OH is 2. The molecule has 1 saturated carbocycles. The second kappa shape index (κ2) is 3.75. The molecule has 88 valence electrons. The van der Waals surface area contributed by atoms with Gasteiger partial charge in [0, 0.05) is 19.0 Å². The van der Waals surface area contributed by atoms with Crippen molar-refractivity contribution in [3.05, 3.63) is 12.0 Å². The summed E-state index contributed by atoms with van der Waals surface area (Å²) in [6.45, 7) is 1.64. The van der Waals surface area contributed by atoms with Gasteiger partial charge in [0.1, 0.15) is 12.0 Å². The summed E-state index contributed by atoms with van der Waals surface area (Å²) in [5.41, 5.74) is 0.563. The van der Waals surface area contributed by atoms with Gasteiger partial charge in [0.25, 0.3) is 6.01 Å². The summed E-state index contributed by atoms with van der Waals surface area (Å²) >= 11 is 0. The van der Waals surface area contributed by atoms with E-state index in [9.17, 15) is 5.11 Å². The molecule has 0 radical (unpaired) electrons. The minimum atomic E-state index is -0.165. The number of hydrogen-bond donors (Lipinski definition) is 2. The molecule has 3 atom stereocenters. The maximum atomic E-state index is 9.80. The molecule has 1 aliphatic heterocycles. The highest BCUT2D eigenvalue weighted by Gasteiger charge is 2.42. The Morgan fingerprint density at radius 1 is 1.44 bits per heavy atom. The van der Waals surface area contributed by atoms with Crippen molar-refractivity contribution in [2.45, 2.75) is 25.6 Å². The number of fused-ring (bicyclic) bond motifs is 1. The summed E-state index contributed by atoms with van der Waals surface area (Å²) in [7, 11) is 0. The van der Waals surface area contributed by atoms with Gasteiger partial charge in [0.15, 0.2) is 0 Å². The van der Waals surface area contributed by atoms with Crippen molar-refractivity contribution in [2.24, 2.45) is 11.8 Å². The first kappa shape index (κ1) is 10.1. The average molecular weight is 224 g/mol. The van der Waals surface area contributed by atoms with E-state index >= 15 is 0 Å². The Kier molecular flexibility index (Phi) is 2.37. The first-order valence-corrected chi connectivity index (χ1v) is 5.76. The third-order valence-corrected chi connectivity index (χ3v) is 3.79. The fourth-order valence-corrected chi connectivity index (χ4v) is 2.91. The number of aliphatic hydroxyl groups is 2. The molecule has 2 heterocycles. The van der Waals surface area contributed by atoms with Gasteiger partial charge >= 0.3 is 0 Å². The van der Waals surface area contributed by atoms with Crippen LogP contribution in [-0.2, 0) is 6.61 Å². The third-order valence-electron chi connectivity index (χ3n) is 3.79. The zero-order valence-corrected chi connectivity index (χ0v) is 9.04. The van der Waals surface area contributed by atoms with Crippen LogP contribution in [0.25, 0.3) is 0 Å². The molecule has 0 aromatic carbocycles. The number of aromatic nitrogens is 1. The summed E-state index contributed by atoms with van der Waals surface area (Å²) < 4.78 is 5.31. The molecule has 0 bridgehead atoms. The molecular formula is C11H16N2O3. The Balaban J connectivity index is 1.74. The largest absolute Gasteiger partial charge is 0.432 e. The van der Waals surface area contributed by atoms with Crippen LogP contribution in [0.15, 0.2) is 10.7 Å². The van der Waals surface area contributed by atoms with E-state index in [1.54, 1.807) is 0 Å². The van der Waals surface area contributed by atoms with E-state index in [4.69, 9.17) is 9.52 Å². The third kappa shape index (κ3) is 1.51. The molecule has 2 N–H and O–H groups in total. The van der Waals surface area contributed by atoms with E-state index in [1.165, 1.54) is 6.26 Å². The first-order chi connectivity index (χ1) is 7.78. The molecule has 0 spiro atoms. The zero-order chi connectivity index (χ0) is 11.1. The smallest absolute Gasteiger partial charge is 0.297 e. The maximum Gasteiger partial charge on any atom is 0.297 e. The number of hydrogen-bond acceptors (Lipinski definition) is 5. The molecule has 3 rings (SSSR count). The summed E-state index contributed by atoms with van der Waals surface area (Å²) in [4.78, 5) is 6.26. The highest BCUT2D eigenvalue weighted by atomic mass is 16.4. The molecule has 5 heteroatoms. The van der Waals surface area contributed by atoms with Crippen molar-refractivity contribution in [3.63, 3.8) is 0 Å². The van der Waals surface area contributed by atoms with E-state index in [1.807, 2.05) is 0 Å².